The van der Waals surface area contributed by atoms with Crippen LogP contribution in [0.25, 0.3) is 0 Å². The number of carbonyl (C=O) groups is 1. The normalized spacial score (nSPS) is 17.1. The molecular formula is C18H31IN4O3. The number of furan rings is 1. The first-order valence-electron chi connectivity index (χ1n) is 9.00. The van der Waals surface area contributed by atoms with Gasteiger partial charge in [-0.05, 0) is 32.8 Å². The fourth-order valence-corrected chi connectivity index (χ4v) is 2.97. The monoisotopic (exact) mass is 478 g/mol. The van der Waals surface area contributed by atoms with Crippen molar-refractivity contribution in [3.05, 3.63) is 23.7 Å². The highest BCUT2D eigenvalue weighted by Gasteiger charge is 2.24. The van der Waals surface area contributed by atoms with Crippen molar-refractivity contribution < 1.29 is 13.9 Å². The number of nitrogens with zero attached hydrogens (tertiary/aromatic N) is 2. The number of amides is 1. The molecule has 2 heterocycles. The predicted octanol–water partition coefficient (Wildman–Crippen LogP) is 2.26. The van der Waals surface area contributed by atoms with E-state index in [2.05, 4.69) is 27.4 Å². The van der Waals surface area contributed by atoms with Crippen LogP contribution in [0.2, 0.25) is 0 Å². The van der Waals surface area contributed by atoms with Gasteiger partial charge < -0.3 is 24.7 Å². The van der Waals surface area contributed by atoms with Gasteiger partial charge in [-0.3, -0.25) is 9.79 Å². The van der Waals surface area contributed by atoms with Gasteiger partial charge in [0.2, 0.25) is 0 Å². The van der Waals surface area contributed by atoms with Gasteiger partial charge in [-0.15, -0.1) is 24.0 Å². The molecule has 1 aromatic heterocycles. The highest BCUT2D eigenvalue weighted by molar-refractivity contribution is 14.0. The van der Waals surface area contributed by atoms with Gasteiger partial charge in [0.1, 0.15) is 0 Å². The van der Waals surface area contributed by atoms with Crippen molar-refractivity contribution in [2.75, 3.05) is 46.4 Å². The van der Waals surface area contributed by atoms with Crippen LogP contribution < -0.4 is 10.6 Å². The number of likely N-dealkylation sites (tertiary alicyclic amines) is 1. The van der Waals surface area contributed by atoms with Crippen molar-refractivity contribution in [2.45, 2.75) is 26.7 Å². The second kappa shape index (κ2) is 12.2. The lowest BCUT2D eigenvalue weighted by molar-refractivity contribution is 0.0925. The molecular weight excluding hydrogens is 447 g/mol. The fourth-order valence-electron chi connectivity index (χ4n) is 2.97. The van der Waals surface area contributed by atoms with Crippen molar-refractivity contribution in [3.63, 3.8) is 0 Å². The maximum Gasteiger partial charge on any atom is 0.287 e. The third-order valence-corrected chi connectivity index (χ3v) is 4.27. The molecule has 1 aromatic rings. The maximum atomic E-state index is 12.0. The number of ether oxygens (including phenoxy) is 1. The summed E-state index contributed by atoms with van der Waals surface area (Å²) in [5.74, 6) is 1.75. The molecule has 0 radical (unpaired) electrons. The number of methoxy groups -OCH3 is 1. The Labute approximate surface area is 173 Å². The first kappa shape index (κ1) is 22.8. The van der Waals surface area contributed by atoms with E-state index < -0.39 is 0 Å². The molecule has 0 aliphatic carbocycles. The smallest absolute Gasteiger partial charge is 0.287 e. The molecule has 1 saturated heterocycles. The van der Waals surface area contributed by atoms with Crippen LogP contribution in [0.4, 0.5) is 0 Å². The number of halogens is 1. The zero-order valence-electron chi connectivity index (χ0n) is 15.9. The molecule has 0 spiro atoms. The standard InChI is InChI=1S/C18H30N4O3.HI/c1-4-19-18(22-10-6-15(12-22)13-24-3)21-9-5-8-20-17(23)16-14(2)7-11-25-16;/h7,11,15H,4-6,8-10,12-13H2,1-3H3,(H,19,21)(H,20,23);1H. The molecule has 1 unspecified atom stereocenters. The van der Waals surface area contributed by atoms with Crippen LogP contribution >= 0.6 is 24.0 Å². The molecule has 1 fully saturated rings. The predicted molar refractivity (Wildman–Crippen MR) is 113 cm³/mol. The summed E-state index contributed by atoms with van der Waals surface area (Å²) in [6, 6.07) is 1.79. The Bertz CT molecular complexity index is 577. The topological polar surface area (TPSA) is 79.1 Å². The Morgan fingerprint density at radius 3 is 2.92 bits per heavy atom. The molecule has 1 aliphatic heterocycles. The SMILES string of the molecule is CCNC(=NCCCNC(=O)c1occc1C)N1CCC(COC)C1.I. The summed E-state index contributed by atoms with van der Waals surface area (Å²) in [6.07, 6.45) is 3.46. The highest BCUT2D eigenvalue weighted by Crippen LogP contribution is 2.16. The number of nitrogens with one attached hydrogen (secondary N) is 2. The van der Waals surface area contributed by atoms with Crippen molar-refractivity contribution >= 4 is 35.8 Å². The third-order valence-electron chi connectivity index (χ3n) is 4.27. The van der Waals surface area contributed by atoms with Crippen LogP contribution in [0, 0.1) is 12.8 Å². The van der Waals surface area contributed by atoms with Gasteiger partial charge in [-0.1, -0.05) is 0 Å². The number of rotatable bonds is 8. The summed E-state index contributed by atoms with van der Waals surface area (Å²) in [5, 5.41) is 6.22. The summed E-state index contributed by atoms with van der Waals surface area (Å²) in [7, 11) is 1.75. The average molecular weight is 478 g/mol. The lowest BCUT2D eigenvalue weighted by atomic mass is 10.1. The van der Waals surface area contributed by atoms with E-state index in [1.807, 2.05) is 6.92 Å². The van der Waals surface area contributed by atoms with Crippen molar-refractivity contribution in [3.8, 4) is 0 Å². The van der Waals surface area contributed by atoms with Gasteiger partial charge in [0.25, 0.3) is 5.91 Å². The van der Waals surface area contributed by atoms with Crippen molar-refractivity contribution in [1.29, 1.82) is 0 Å². The minimum atomic E-state index is -0.166. The van der Waals surface area contributed by atoms with Crippen LogP contribution in [0.5, 0.6) is 0 Å². The Kier molecular flexibility index (Phi) is 10.6. The summed E-state index contributed by atoms with van der Waals surface area (Å²) in [6.45, 7) is 8.82. The second-order valence-electron chi connectivity index (χ2n) is 6.33. The molecule has 0 aromatic carbocycles. The van der Waals surface area contributed by atoms with Gasteiger partial charge in [-0.2, -0.15) is 0 Å². The molecule has 0 saturated carbocycles. The lowest BCUT2D eigenvalue weighted by Crippen LogP contribution is -2.40. The Hall–Kier alpha value is -1.29. The third kappa shape index (κ3) is 6.79. The van der Waals surface area contributed by atoms with Crippen LogP contribution in [0.1, 0.15) is 35.9 Å². The van der Waals surface area contributed by atoms with E-state index in [1.165, 1.54) is 6.26 Å². The first-order chi connectivity index (χ1) is 12.2. The summed E-state index contributed by atoms with van der Waals surface area (Å²) >= 11 is 0. The zero-order chi connectivity index (χ0) is 18.1. The van der Waals surface area contributed by atoms with Crippen LogP contribution in [0.3, 0.4) is 0 Å². The minimum Gasteiger partial charge on any atom is -0.459 e. The van der Waals surface area contributed by atoms with Gasteiger partial charge in [0.15, 0.2) is 11.7 Å². The van der Waals surface area contributed by atoms with Crippen LogP contribution in [0.15, 0.2) is 21.7 Å². The van der Waals surface area contributed by atoms with E-state index in [0.717, 1.165) is 50.6 Å². The molecule has 2 rings (SSSR count). The number of hydrogen-bond acceptors (Lipinski definition) is 4. The highest BCUT2D eigenvalue weighted by atomic mass is 127. The molecule has 26 heavy (non-hydrogen) atoms. The van der Waals surface area contributed by atoms with Crippen LogP contribution in [-0.2, 0) is 4.74 Å². The molecule has 1 amide bonds. The average Bonchev–Trinajstić information content (AvgIpc) is 3.23. The van der Waals surface area contributed by atoms with E-state index in [-0.39, 0.29) is 29.9 Å². The van der Waals surface area contributed by atoms with E-state index in [4.69, 9.17) is 9.15 Å². The lowest BCUT2D eigenvalue weighted by Gasteiger charge is -2.21. The second-order valence-corrected chi connectivity index (χ2v) is 6.33. The zero-order valence-corrected chi connectivity index (χ0v) is 18.2. The number of aryl methyl sites for hydroxylation is 1. The van der Waals surface area contributed by atoms with Crippen molar-refractivity contribution in [2.24, 2.45) is 10.9 Å². The Morgan fingerprint density at radius 1 is 1.46 bits per heavy atom. The number of guanidine groups is 1. The molecule has 8 heteroatoms. The molecule has 7 nitrogen and oxygen atoms in total. The van der Waals surface area contributed by atoms with Gasteiger partial charge in [0, 0.05) is 51.3 Å². The molecule has 1 aliphatic rings. The molecule has 148 valence electrons. The molecule has 2 N–H and O–H groups in total. The largest absolute Gasteiger partial charge is 0.459 e. The Balaban J connectivity index is 0.00000338. The maximum absolute atomic E-state index is 12.0. The Morgan fingerprint density at radius 2 is 2.27 bits per heavy atom. The summed E-state index contributed by atoms with van der Waals surface area (Å²) in [5.41, 5.74) is 0.851. The summed E-state index contributed by atoms with van der Waals surface area (Å²) in [4.78, 5) is 18.9. The van der Waals surface area contributed by atoms with Gasteiger partial charge in [-0.25, -0.2) is 0 Å². The van der Waals surface area contributed by atoms with E-state index in [1.54, 1.807) is 13.2 Å². The summed E-state index contributed by atoms with van der Waals surface area (Å²) < 4.78 is 10.4. The number of hydrogen-bond donors (Lipinski definition) is 2. The quantitative estimate of drug-likeness (QED) is 0.260. The number of carbonyl (C=O) groups excluding carboxylic acids is 1. The van der Waals surface area contributed by atoms with Gasteiger partial charge in [0.05, 0.1) is 12.9 Å². The molecule has 0 bridgehead atoms. The van der Waals surface area contributed by atoms with E-state index >= 15 is 0 Å². The minimum absolute atomic E-state index is 0. The van der Waals surface area contributed by atoms with Crippen molar-refractivity contribution in [1.82, 2.24) is 15.5 Å². The molecule has 1 atom stereocenters. The van der Waals surface area contributed by atoms with Gasteiger partial charge >= 0.3 is 0 Å². The van der Waals surface area contributed by atoms with Crippen LogP contribution in [-0.4, -0.2) is 63.2 Å². The fraction of sp³-hybridized carbons (Fsp3) is 0.667. The van der Waals surface area contributed by atoms with E-state index in [9.17, 15) is 4.79 Å². The number of aliphatic imine (C=N–C) groups is 1. The van der Waals surface area contributed by atoms with E-state index in [0.29, 0.717) is 24.8 Å². The first-order valence-corrected chi connectivity index (χ1v) is 9.00.